The summed E-state index contributed by atoms with van der Waals surface area (Å²) in [7, 11) is 0. The first-order valence-electron chi connectivity index (χ1n) is 7.67. The average Bonchev–Trinajstić information content (AvgIpc) is 2.96. The van der Waals surface area contributed by atoms with Gasteiger partial charge in [-0.25, -0.2) is 0 Å². The third-order valence-electron chi connectivity index (χ3n) is 3.81. The Morgan fingerprint density at radius 3 is 2.67 bits per heavy atom. The summed E-state index contributed by atoms with van der Waals surface area (Å²) < 4.78 is 5.55. The van der Waals surface area contributed by atoms with Crippen LogP contribution < -0.4 is 4.74 Å². The van der Waals surface area contributed by atoms with E-state index in [9.17, 15) is 4.79 Å². The molecule has 3 rings (SSSR count). The Hall–Kier alpha value is -1.61. The van der Waals surface area contributed by atoms with Crippen LogP contribution in [-0.4, -0.2) is 12.4 Å². The van der Waals surface area contributed by atoms with Gasteiger partial charge in [0.2, 0.25) is 5.78 Å². The number of rotatable bonds is 5. The summed E-state index contributed by atoms with van der Waals surface area (Å²) in [5, 5.41) is 0. The standard InChI is InChI=1S/C18H20O2S/c1-2-11-20-15-9-7-13(8-10-15)18(19)17-12-14-5-3-4-6-16(14)21-17/h7-10,12H,2-6,11H2,1H3. The van der Waals surface area contributed by atoms with Gasteiger partial charge in [0.1, 0.15) is 5.75 Å². The van der Waals surface area contributed by atoms with Crippen LogP contribution in [0.3, 0.4) is 0 Å². The number of carbonyl (C=O) groups is 1. The molecule has 1 aliphatic rings. The number of ether oxygens (including phenoxy) is 1. The molecular formula is C18H20O2S. The Morgan fingerprint density at radius 1 is 1.19 bits per heavy atom. The van der Waals surface area contributed by atoms with Crippen LogP contribution in [0.25, 0.3) is 0 Å². The molecule has 0 saturated carbocycles. The zero-order valence-electron chi connectivity index (χ0n) is 12.4. The monoisotopic (exact) mass is 300 g/mol. The molecule has 2 nitrogen and oxygen atoms in total. The highest BCUT2D eigenvalue weighted by Gasteiger charge is 2.18. The summed E-state index contributed by atoms with van der Waals surface area (Å²) in [6, 6.07) is 9.61. The number of fused-ring (bicyclic) bond motifs is 1. The smallest absolute Gasteiger partial charge is 0.202 e. The van der Waals surface area contributed by atoms with E-state index >= 15 is 0 Å². The van der Waals surface area contributed by atoms with Crippen molar-refractivity contribution in [1.29, 1.82) is 0 Å². The molecular weight excluding hydrogens is 280 g/mol. The number of carbonyl (C=O) groups excluding carboxylic acids is 1. The van der Waals surface area contributed by atoms with Crippen molar-refractivity contribution in [3.8, 4) is 5.75 Å². The molecule has 1 heterocycles. The highest BCUT2D eigenvalue weighted by molar-refractivity contribution is 7.14. The lowest BCUT2D eigenvalue weighted by Gasteiger charge is -2.08. The van der Waals surface area contributed by atoms with Crippen LogP contribution in [0, 0.1) is 0 Å². The number of hydrogen-bond donors (Lipinski definition) is 0. The predicted octanol–water partition coefficient (Wildman–Crippen LogP) is 4.65. The quantitative estimate of drug-likeness (QED) is 0.751. The van der Waals surface area contributed by atoms with Gasteiger partial charge in [-0.1, -0.05) is 6.92 Å². The molecule has 21 heavy (non-hydrogen) atoms. The number of ketones is 1. The lowest BCUT2D eigenvalue weighted by atomic mass is 9.98. The van der Waals surface area contributed by atoms with Gasteiger partial charge in [-0.3, -0.25) is 4.79 Å². The highest BCUT2D eigenvalue weighted by atomic mass is 32.1. The Kier molecular flexibility index (Phi) is 4.39. The van der Waals surface area contributed by atoms with Crippen molar-refractivity contribution in [3.05, 3.63) is 51.2 Å². The second-order valence-corrected chi connectivity index (χ2v) is 6.60. The summed E-state index contributed by atoms with van der Waals surface area (Å²) in [6.07, 6.45) is 5.76. The first-order valence-corrected chi connectivity index (χ1v) is 8.48. The van der Waals surface area contributed by atoms with Crippen molar-refractivity contribution < 1.29 is 9.53 Å². The minimum absolute atomic E-state index is 0.136. The summed E-state index contributed by atoms with van der Waals surface area (Å²) >= 11 is 1.68. The van der Waals surface area contributed by atoms with E-state index in [0.717, 1.165) is 35.5 Å². The third kappa shape index (κ3) is 3.18. The molecule has 0 amide bonds. The fourth-order valence-electron chi connectivity index (χ4n) is 2.67. The number of hydrogen-bond acceptors (Lipinski definition) is 3. The zero-order chi connectivity index (χ0) is 14.7. The van der Waals surface area contributed by atoms with Crippen LogP contribution >= 0.6 is 11.3 Å². The molecule has 1 aromatic heterocycles. The van der Waals surface area contributed by atoms with Crippen LogP contribution in [0.2, 0.25) is 0 Å². The lowest BCUT2D eigenvalue weighted by Crippen LogP contribution is -2.00. The van der Waals surface area contributed by atoms with Gasteiger partial charge < -0.3 is 4.74 Å². The molecule has 0 saturated heterocycles. The fraction of sp³-hybridized carbons (Fsp3) is 0.389. The summed E-state index contributed by atoms with van der Waals surface area (Å²) in [4.78, 5) is 14.8. The van der Waals surface area contributed by atoms with Gasteiger partial charge in [0, 0.05) is 10.4 Å². The molecule has 0 aliphatic heterocycles. The second kappa shape index (κ2) is 6.44. The SMILES string of the molecule is CCCOc1ccc(C(=O)c2cc3c(s2)CCCC3)cc1. The van der Waals surface area contributed by atoms with Crippen molar-refractivity contribution in [2.75, 3.05) is 6.61 Å². The van der Waals surface area contributed by atoms with Gasteiger partial charge in [0.15, 0.2) is 0 Å². The van der Waals surface area contributed by atoms with Gasteiger partial charge in [-0.2, -0.15) is 0 Å². The van der Waals surface area contributed by atoms with Gasteiger partial charge in [0.05, 0.1) is 11.5 Å². The molecule has 0 spiro atoms. The maximum Gasteiger partial charge on any atom is 0.202 e. The van der Waals surface area contributed by atoms with Crippen LogP contribution in [0.5, 0.6) is 5.75 Å². The molecule has 1 aliphatic carbocycles. The maximum atomic E-state index is 12.6. The second-order valence-electron chi connectivity index (χ2n) is 5.47. The van der Waals surface area contributed by atoms with Crippen LogP contribution in [0.1, 0.15) is 51.9 Å². The van der Waals surface area contributed by atoms with Gasteiger partial charge >= 0.3 is 0 Å². The minimum Gasteiger partial charge on any atom is -0.494 e. The van der Waals surface area contributed by atoms with E-state index in [2.05, 4.69) is 13.0 Å². The van der Waals surface area contributed by atoms with Crippen LogP contribution in [0.4, 0.5) is 0 Å². The molecule has 0 bridgehead atoms. The van der Waals surface area contributed by atoms with Crippen LogP contribution in [-0.2, 0) is 12.8 Å². The van der Waals surface area contributed by atoms with Gasteiger partial charge in [-0.05, 0) is 68.0 Å². The molecule has 0 atom stereocenters. The third-order valence-corrected chi connectivity index (χ3v) is 5.05. The van der Waals surface area contributed by atoms with E-state index in [1.165, 1.54) is 23.3 Å². The van der Waals surface area contributed by atoms with Crippen molar-refractivity contribution in [2.24, 2.45) is 0 Å². The largest absolute Gasteiger partial charge is 0.494 e. The summed E-state index contributed by atoms with van der Waals surface area (Å²) in [5.41, 5.74) is 2.13. The Balaban J connectivity index is 1.76. The van der Waals surface area contributed by atoms with E-state index in [1.807, 2.05) is 24.3 Å². The number of thiophene rings is 1. The molecule has 0 unspecified atom stereocenters. The van der Waals surface area contributed by atoms with Gasteiger partial charge in [-0.15, -0.1) is 11.3 Å². The normalized spacial score (nSPS) is 13.8. The van der Waals surface area contributed by atoms with Crippen molar-refractivity contribution in [3.63, 3.8) is 0 Å². The van der Waals surface area contributed by atoms with Crippen molar-refractivity contribution >= 4 is 17.1 Å². The van der Waals surface area contributed by atoms with E-state index in [1.54, 1.807) is 11.3 Å². The topological polar surface area (TPSA) is 26.3 Å². The number of aryl methyl sites for hydroxylation is 2. The first-order chi connectivity index (χ1) is 10.3. The van der Waals surface area contributed by atoms with Crippen molar-refractivity contribution in [1.82, 2.24) is 0 Å². The van der Waals surface area contributed by atoms with E-state index < -0.39 is 0 Å². The molecule has 0 N–H and O–H groups in total. The van der Waals surface area contributed by atoms with Gasteiger partial charge in [0.25, 0.3) is 0 Å². The highest BCUT2D eigenvalue weighted by Crippen LogP contribution is 2.31. The minimum atomic E-state index is 0.136. The Morgan fingerprint density at radius 2 is 1.95 bits per heavy atom. The van der Waals surface area contributed by atoms with Crippen LogP contribution in [0.15, 0.2) is 30.3 Å². The molecule has 0 fully saturated rings. The first kappa shape index (κ1) is 14.3. The molecule has 0 radical (unpaired) electrons. The molecule has 2 aromatic rings. The number of benzene rings is 1. The zero-order valence-corrected chi connectivity index (χ0v) is 13.2. The average molecular weight is 300 g/mol. The molecule has 110 valence electrons. The predicted molar refractivity (Wildman–Crippen MR) is 86.6 cm³/mol. The molecule has 1 aromatic carbocycles. The Labute approximate surface area is 129 Å². The van der Waals surface area contributed by atoms with E-state index in [4.69, 9.17) is 4.74 Å². The van der Waals surface area contributed by atoms with E-state index in [0.29, 0.717) is 6.61 Å². The van der Waals surface area contributed by atoms with Crippen molar-refractivity contribution in [2.45, 2.75) is 39.0 Å². The lowest BCUT2D eigenvalue weighted by molar-refractivity contribution is 0.104. The maximum absolute atomic E-state index is 12.6. The summed E-state index contributed by atoms with van der Waals surface area (Å²) in [5.74, 6) is 0.968. The Bertz CT molecular complexity index is 602. The fourth-order valence-corrected chi connectivity index (χ4v) is 3.88. The summed E-state index contributed by atoms with van der Waals surface area (Å²) in [6.45, 7) is 2.79. The van der Waals surface area contributed by atoms with E-state index in [-0.39, 0.29) is 5.78 Å². The molecule has 3 heteroatoms.